The van der Waals surface area contributed by atoms with Gasteiger partial charge in [0.25, 0.3) is 5.91 Å². The fraction of sp³-hybridized carbons (Fsp3) is 0.320. The topological polar surface area (TPSA) is 82.1 Å². The van der Waals surface area contributed by atoms with E-state index in [1.807, 2.05) is 18.2 Å². The van der Waals surface area contributed by atoms with Crippen LogP contribution in [0.4, 0.5) is 14.9 Å². The predicted octanol–water partition coefficient (Wildman–Crippen LogP) is 4.83. The summed E-state index contributed by atoms with van der Waals surface area (Å²) >= 11 is 0. The van der Waals surface area contributed by atoms with Crippen LogP contribution in [0.2, 0.25) is 0 Å². The highest BCUT2D eigenvalue weighted by Crippen LogP contribution is 2.47. The van der Waals surface area contributed by atoms with Crippen LogP contribution in [-0.4, -0.2) is 30.7 Å². The fourth-order valence-corrected chi connectivity index (χ4v) is 3.34. The van der Waals surface area contributed by atoms with Gasteiger partial charge in [-0.1, -0.05) is 36.4 Å². The van der Waals surface area contributed by atoms with E-state index < -0.39 is 35.7 Å². The van der Waals surface area contributed by atoms with Crippen molar-refractivity contribution in [3.8, 4) is 5.75 Å². The van der Waals surface area contributed by atoms with Crippen molar-refractivity contribution in [2.45, 2.75) is 45.1 Å². The number of hydrogen-bond donors (Lipinski definition) is 0. The number of anilines is 1. The molecule has 8 heteroatoms. The Hall–Kier alpha value is -3.68. The van der Waals surface area contributed by atoms with Gasteiger partial charge in [0.05, 0.1) is 12.8 Å². The van der Waals surface area contributed by atoms with Crippen molar-refractivity contribution in [2.75, 3.05) is 12.0 Å². The highest BCUT2D eigenvalue weighted by atomic mass is 19.1. The van der Waals surface area contributed by atoms with E-state index in [2.05, 4.69) is 0 Å². The quantitative estimate of drug-likeness (QED) is 0.458. The summed E-state index contributed by atoms with van der Waals surface area (Å²) in [5.41, 5.74) is -2.64. The lowest BCUT2D eigenvalue weighted by atomic mass is 9.93. The Labute approximate surface area is 191 Å². The first-order valence-corrected chi connectivity index (χ1v) is 10.4. The van der Waals surface area contributed by atoms with Crippen LogP contribution in [0.25, 0.3) is 0 Å². The fourth-order valence-electron chi connectivity index (χ4n) is 3.34. The Morgan fingerprint density at radius 2 is 1.82 bits per heavy atom. The second-order valence-corrected chi connectivity index (χ2v) is 8.50. The molecule has 0 radical (unpaired) electrons. The Kier molecular flexibility index (Phi) is 6.86. The standard InChI is InChI=1S/C25H26FNO6/c1-24(2,3)33-23(30)27-20-13-12-18(31-4)15-19(20)25(26,22(27)29)14-8-11-21(28)32-16-17-9-6-5-7-10-17/h5-13,15H,14,16H2,1-4H3/b11-8+/t25-/m1/s1. The second-order valence-electron chi connectivity index (χ2n) is 8.50. The minimum Gasteiger partial charge on any atom is -0.497 e. The number of halogens is 1. The Bertz CT molecular complexity index is 1080. The SMILES string of the molecule is COc1ccc2c(c1)[C@](F)(C/C=C/C(=O)OCc1ccccc1)C(=O)N2C(=O)OC(C)(C)C. The molecule has 0 spiro atoms. The number of alkyl halides is 1. The van der Waals surface area contributed by atoms with Crippen molar-refractivity contribution < 1.29 is 33.0 Å². The van der Waals surface area contributed by atoms with Gasteiger partial charge in [0.2, 0.25) is 5.67 Å². The molecule has 33 heavy (non-hydrogen) atoms. The number of rotatable bonds is 6. The molecule has 0 aliphatic carbocycles. The molecule has 1 aliphatic rings. The smallest absolute Gasteiger partial charge is 0.421 e. The van der Waals surface area contributed by atoms with E-state index in [4.69, 9.17) is 14.2 Å². The summed E-state index contributed by atoms with van der Waals surface area (Å²) in [6.45, 7) is 5.00. The number of allylic oxidation sites excluding steroid dienone is 1. The molecule has 0 N–H and O–H groups in total. The molecule has 2 aromatic carbocycles. The first-order chi connectivity index (χ1) is 15.5. The molecule has 0 saturated heterocycles. The van der Waals surface area contributed by atoms with Gasteiger partial charge in [0, 0.05) is 18.1 Å². The number of carbonyl (C=O) groups is 3. The van der Waals surface area contributed by atoms with E-state index in [0.29, 0.717) is 10.6 Å². The zero-order valence-electron chi connectivity index (χ0n) is 19.0. The summed E-state index contributed by atoms with van der Waals surface area (Å²) in [5.74, 6) is -1.45. The first kappa shape index (κ1) is 24.0. The maximum atomic E-state index is 16.1. The van der Waals surface area contributed by atoms with Crippen LogP contribution in [0, 0.1) is 0 Å². The third kappa shape index (κ3) is 5.39. The minimum atomic E-state index is -2.59. The van der Waals surface area contributed by atoms with Crippen LogP contribution in [0.15, 0.2) is 60.7 Å². The van der Waals surface area contributed by atoms with Gasteiger partial charge in [-0.3, -0.25) is 4.79 Å². The molecule has 0 fully saturated rings. The van der Waals surface area contributed by atoms with E-state index in [9.17, 15) is 14.4 Å². The van der Waals surface area contributed by atoms with Gasteiger partial charge in [-0.25, -0.2) is 18.9 Å². The Morgan fingerprint density at radius 1 is 1.12 bits per heavy atom. The lowest BCUT2D eigenvalue weighted by Crippen LogP contribution is -2.43. The number of methoxy groups -OCH3 is 1. The predicted molar refractivity (Wildman–Crippen MR) is 119 cm³/mol. The Morgan fingerprint density at radius 3 is 2.45 bits per heavy atom. The number of benzene rings is 2. The molecular formula is C25H26FNO6. The molecule has 7 nitrogen and oxygen atoms in total. The van der Waals surface area contributed by atoms with E-state index in [1.54, 1.807) is 32.9 Å². The third-order valence-electron chi connectivity index (χ3n) is 4.87. The summed E-state index contributed by atoms with van der Waals surface area (Å²) in [6.07, 6.45) is 0.816. The number of esters is 1. The summed E-state index contributed by atoms with van der Waals surface area (Å²) < 4.78 is 31.7. The maximum absolute atomic E-state index is 16.1. The average Bonchev–Trinajstić information content (AvgIpc) is 2.98. The molecule has 174 valence electrons. The number of imide groups is 1. The van der Waals surface area contributed by atoms with Crippen LogP contribution in [-0.2, 0) is 31.3 Å². The average molecular weight is 455 g/mol. The van der Waals surface area contributed by atoms with Crippen molar-refractivity contribution in [3.05, 3.63) is 71.8 Å². The van der Waals surface area contributed by atoms with Crippen molar-refractivity contribution in [3.63, 3.8) is 0 Å². The van der Waals surface area contributed by atoms with E-state index in [0.717, 1.165) is 11.6 Å². The number of amides is 2. The maximum Gasteiger partial charge on any atom is 0.421 e. The third-order valence-corrected chi connectivity index (χ3v) is 4.87. The Balaban J connectivity index is 1.80. The highest BCUT2D eigenvalue weighted by molar-refractivity contribution is 6.20. The molecular weight excluding hydrogens is 429 g/mol. The molecule has 0 saturated carbocycles. The lowest BCUT2D eigenvalue weighted by Gasteiger charge is -2.24. The summed E-state index contributed by atoms with van der Waals surface area (Å²) in [7, 11) is 1.41. The molecule has 1 heterocycles. The largest absolute Gasteiger partial charge is 0.497 e. The lowest BCUT2D eigenvalue weighted by molar-refractivity contribution is -0.139. The molecule has 0 bridgehead atoms. The van der Waals surface area contributed by atoms with E-state index in [-0.39, 0.29) is 17.9 Å². The second kappa shape index (κ2) is 9.44. The van der Waals surface area contributed by atoms with Crippen molar-refractivity contribution in [2.24, 2.45) is 0 Å². The summed E-state index contributed by atoms with van der Waals surface area (Å²) in [5, 5.41) is 0. The number of hydrogen-bond acceptors (Lipinski definition) is 6. The van der Waals surface area contributed by atoms with Crippen molar-refractivity contribution in [1.82, 2.24) is 0 Å². The number of fused-ring (bicyclic) bond motifs is 1. The van der Waals surface area contributed by atoms with Gasteiger partial charge in [0.1, 0.15) is 18.0 Å². The molecule has 0 aromatic heterocycles. The van der Waals surface area contributed by atoms with Crippen LogP contribution in [0.3, 0.4) is 0 Å². The number of ether oxygens (including phenoxy) is 3. The molecule has 1 atom stereocenters. The molecule has 2 amide bonds. The number of carbonyl (C=O) groups excluding carboxylic acids is 3. The summed E-state index contributed by atoms with van der Waals surface area (Å²) in [4.78, 5) is 38.4. The van der Waals surface area contributed by atoms with Gasteiger partial charge < -0.3 is 14.2 Å². The highest BCUT2D eigenvalue weighted by Gasteiger charge is 2.54. The molecule has 2 aromatic rings. The van der Waals surface area contributed by atoms with Crippen LogP contribution in [0.5, 0.6) is 5.75 Å². The van der Waals surface area contributed by atoms with Gasteiger partial charge >= 0.3 is 12.1 Å². The number of nitrogens with zero attached hydrogens (tertiary/aromatic N) is 1. The van der Waals surface area contributed by atoms with Gasteiger partial charge in [-0.15, -0.1) is 0 Å². The zero-order valence-corrected chi connectivity index (χ0v) is 19.0. The normalized spacial score (nSPS) is 17.7. The monoisotopic (exact) mass is 455 g/mol. The summed E-state index contributed by atoms with van der Waals surface area (Å²) in [6, 6.07) is 13.4. The van der Waals surface area contributed by atoms with Crippen LogP contribution in [0.1, 0.15) is 38.3 Å². The zero-order chi connectivity index (χ0) is 24.2. The first-order valence-electron chi connectivity index (χ1n) is 10.4. The molecule has 1 aliphatic heterocycles. The van der Waals surface area contributed by atoms with Crippen molar-refractivity contribution in [1.29, 1.82) is 0 Å². The van der Waals surface area contributed by atoms with E-state index in [1.165, 1.54) is 31.4 Å². The molecule has 3 rings (SSSR count). The van der Waals surface area contributed by atoms with Crippen molar-refractivity contribution >= 4 is 23.7 Å². The van der Waals surface area contributed by atoms with Crippen LogP contribution >= 0.6 is 0 Å². The van der Waals surface area contributed by atoms with Crippen LogP contribution < -0.4 is 9.64 Å². The van der Waals surface area contributed by atoms with Gasteiger partial charge in [-0.05, 0) is 44.5 Å². The van der Waals surface area contributed by atoms with E-state index >= 15 is 4.39 Å². The minimum absolute atomic E-state index is 0.0417. The van der Waals surface area contributed by atoms with Gasteiger partial charge in [0.15, 0.2) is 0 Å². The molecule has 0 unspecified atom stereocenters. The van der Waals surface area contributed by atoms with Gasteiger partial charge in [-0.2, -0.15) is 0 Å².